The Hall–Kier alpha value is -1.53. The first-order chi connectivity index (χ1) is 20.9. The topological polar surface area (TPSA) is 298 Å². The third-order valence-corrected chi connectivity index (χ3v) is 7.66. The van der Waals surface area contributed by atoms with Crippen molar-refractivity contribution in [1.82, 2.24) is 16.0 Å². The van der Waals surface area contributed by atoms with Crippen molar-refractivity contribution >= 4 is 23.5 Å². The fourth-order valence-corrected chi connectivity index (χ4v) is 5.19. The second-order valence-electron chi connectivity index (χ2n) is 10.5. The first-order valence-electron chi connectivity index (χ1n) is 13.9. The maximum absolute atomic E-state index is 12.3. The van der Waals surface area contributed by atoms with Gasteiger partial charge >= 0.3 is 6.03 Å². The standard InChI is InChI=1S/C24H42ClN3O16/c1-8(32)27-12-15(35)19(11(7-31)40-21(12)28-24(39)26-4-2-3-25)43-23-18(38)20(14(34)10(6-30)42-23)44-22-17(37)16(36)13(33)9(5-29)41-22/h9-23,29-31,33-38H,2-7H2,1H3,(H,27,32)(H2,26,28,39). The number of amides is 3. The van der Waals surface area contributed by atoms with E-state index >= 15 is 0 Å². The fourth-order valence-electron chi connectivity index (χ4n) is 5.05. The number of hydrogen-bond acceptors (Lipinski definition) is 16. The van der Waals surface area contributed by atoms with Gasteiger partial charge in [0.25, 0.3) is 0 Å². The zero-order valence-electron chi connectivity index (χ0n) is 23.7. The van der Waals surface area contributed by atoms with E-state index in [1.54, 1.807) is 0 Å². The third-order valence-electron chi connectivity index (χ3n) is 7.39. The molecule has 0 aromatic carbocycles. The first-order valence-corrected chi connectivity index (χ1v) is 14.5. The molecule has 3 amide bonds. The summed E-state index contributed by atoms with van der Waals surface area (Å²) in [5.74, 6) is -0.338. The lowest BCUT2D eigenvalue weighted by Gasteiger charge is -2.49. The molecular weight excluding hydrogens is 622 g/mol. The molecule has 0 radical (unpaired) electrons. The fraction of sp³-hybridized carbons (Fsp3) is 0.917. The van der Waals surface area contributed by atoms with Crippen LogP contribution in [0.3, 0.4) is 0 Å². The van der Waals surface area contributed by atoms with Crippen molar-refractivity contribution in [1.29, 1.82) is 0 Å². The van der Waals surface area contributed by atoms with Crippen LogP contribution in [0.2, 0.25) is 0 Å². The Morgan fingerprint density at radius 3 is 1.84 bits per heavy atom. The minimum absolute atomic E-state index is 0.214. The molecule has 19 nitrogen and oxygen atoms in total. The van der Waals surface area contributed by atoms with Gasteiger partial charge in [-0.25, -0.2) is 4.79 Å². The number of aliphatic hydroxyl groups excluding tert-OH is 9. The predicted octanol–water partition coefficient (Wildman–Crippen LogP) is -6.49. The smallest absolute Gasteiger partial charge is 0.316 e. The van der Waals surface area contributed by atoms with E-state index in [9.17, 15) is 55.5 Å². The van der Waals surface area contributed by atoms with Gasteiger partial charge in [-0.2, -0.15) is 0 Å². The van der Waals surface area contributed by atoms with Gasteiger partial charge in [0.1, 0.15) is 73.2 Å². The van der Waals surface area contributed by atoms with Crippen LogP contribution in [0.4, 0.5) is 4.79 Å². The Labute approximate surface area is 256 Å². The van der Waals surface area contributed by atoms with E-state index in [-0.39, 0.29) is 12.4 Å². The highest BCUT2D eigenvalue weighted by Gasteiger charge is 2.54. The van der Waals surface area contributed by atoms with Crippen molar-refractivity contribution in [3.8, 4) is 0 Å². The van der Waals surface area contributed by atoms with Crippen molar-refractivity contribution in [3.05, 3.63) is 0 Å². The summed E-state index contributed by atoms with van der Waals surface area (Å²) < 4.78 is 27.8. The number of aliphatic hydroxyl groups is 9. The number of hydrogen-bond donors (Lipinski definition) is 12. The molecule has 3 rings (SSSR count). The molecule has 12 N–H and O–H groups in total. The molecule has 3 aliphatic heterocycles. The number of rotatable bonds is 12. The monoisotopic (exact) mass is 663 g/mol. The second-order valence-corrected chi connectivity index (χ2v) is 10.9. The molecule has 3 saturated heterocycles. The molecular formula is C24H42ClN3O16. The van der Waals surface area contributed by atoms with Gasteiger partial charge in [-0.15, -0.1) is 11.6 Å². The number of nitrogens with one attached hydrogen (secondary N) is 3. The van der Waals surface area contributed by atoms with Gasteiger partial charge in [-0.3, -0.25) is 4.79 Å². The normalized spacial score (nSPS) is 42.8. The van der Waals surface area contributed by atoms with E-state index in [1.165, 1.54) is 0 Å². The molecule has 3 fully saturated rings. The van der Waals surface area contributed by atoms with E-state index in [4.69, 9.17) is 35.3 Å². The van der Waals surface area contributed by atoms with Gasteiger partial charge in [0.05, 0.1) is 19.8 Å². The average molecular weight is 664 g/mol. The van der Waals surface area contributed by atoms with Crippen LogP contribution in [-0.4, -0.2) is 182 Å². The maximum atomic E-state index is 12.3. The van der Waals surface area contributed by atoms with Crippen molar-refractivity contribution in [2.75, 3.05) is 32.2 Å². The number of alkyl halides is 1. The summed E-state index contributed by atoms with van der Waals surface area (Å²) in [5.41, 5.74) is 0. The van der Waals surface area contributed by atoms with Crippen LogP contribution in [0.5, 0.6) is 0 Å². The highest BCUT2D eigenvalue weighted by molar-refractivity contribution is 6.17. The van der Waals surface area contributed by atoms with Crippen LogP contribution in [0, 0.1) is 0 Å². The van der Waals surface area contributed by atoms with Crippen LogP contribution in [-0.2, 0) is 28.5 Å². The highest BCUT2D eigenvalue weighted by atomic mass is 35.5. The van der Waals surface area contributed by atoms with Crippen LogP contribution in [0.1, 0.15) is 13.3 Å². The summed E-state index contributed by atoms with van der Waals surface area (Å²) in [5, 5.41) is 100. The van der Waals surface area contributed by atoms with E-state index < -0.39 is 124 Å². The zero-order valence-corrected chi connectivity index (χ0v) is 24.4. The lowest BCUT2D eigenvalue weighted by Crippen LogP contribution is -2.70. The minimum atomic E-state index is -1.95. The van der Waals surface area contributed by atoms with Crippen LogP contribution >= 0.6 is 11.6 Å². The van der Waals surface area contributed by atoms with Crippen molar-refractivity contribution in [2.24, 2.45) is 0 Å². The van der Waals surface area contributed by atoms with Gasteiger partial charge in [0.15, 0.2) is 18.8 Å². The number of urea groups is 1. The quantitative estimate of drug-likeness (QED) is 0.0682. The molecule has 256 valence electrons. The van der Waals surface area contributed by atoms with Gasteiger partial charge in [0.2, 0.25) is 5.91 Å². The van der Waals surface area contributed by atoms with Crippen molar-refractivity contribution in [3.63, 3.8) is 0 Å². The maximum Gasteiger partial charge on any atom is 0.316 e. The Bertz CT molecular complexity index is 925. The molecule has 3 heterocycles. The lowest BCUT2D eigenvalue weighted by atomic mass is 9.94. The molecule has 0 bridgehead atoms. The molecule has 20 heteroatoms. The van der Waals surface area contributed by atoms with Crippen LogP contribution in [0.25, 0.3) is 0 Å². The molecule has 44 heavy (non-hydrogen) atoms. The third kappa shape index (κ3) is 8.63. The van der Waals surface area contributed by atoms with E-state index in [1.807, 2.05) is 0 Å². The number of carbonyl (C=O) groups excluding carboxylic acids is 2. The summed E-state index contributed by atoms with van der Waals surface area (Å²) in [6, 6.07) is -2.07. The summed E-state index contributed by atoms with van der Waals surface area (Å²) in [6.45, 7) is -1.06. The summed E-state index contributed by atoms with van der Waals surface area (Å²) in [6.07, 6.45) is -23.0. The molecule has 0 aromatic rings. The van der Waals surface area contributed by atoms with Gasteiger partial charge in [-0.1, -0.05) is 0 Å². The predicted molar refractivity (Wildman–Crippen MR) is 143 cm³/mol. The van der Waals surface area contributed by atoms with Gasteiger partial charge in [0, 0.05) is 19.3 Å². The lowest BCUT2D eigenvalue weighted by molar-refractivity contribution is -0.372. The Morgan fingerprint density at radius 2 is 1.27 bits per heavy atom. The molecule has 0 saturated carbocycles. The minimum Gasteiger partial charge on any atom is -0.394 e. The Balaban J connectivity index is 1.80. The van der Waals surface area contributed by atoms with Gasteiger partial charge in [-0.05, 0) is 6.42 Å². The molecule has 3 aliphatic rings. The summed E-state index contributed by atoms with van der Waals surface area (Å²) >= 11 is 5.61. The highest BCUT2D eigenvalue weighted by Crippen LogP contribution is 2.32. The molecule has 15 unspecified atom stereocenters. The average Bonchev–Trinajstić information content (AvgIpc) is 2.99. The molecule has 0 aromatic heterocycles. The molecule has 0 spiro atoms. The van der Waals surface area contributed by atoms with Crippen molar-refractivity contribution in [2.45, 2.75) is 105 Å². The first kappa shape index (κ1) is 36.9. The van der Waals surface area contributed by atoms with E-state index in [2.05, 4.69) is 16.0 Å². The summed E-state index contributed by atoms with van der Waals surface area (Å²) in [7, 11) is 0. The number of carbonyl (C=O) groups is 2. The second kappa shape index (κ2) is 16.9. The Kier molecular flexibility index (Phi) is 14.2. The number of ether oxygens (including phenoxy) is 5. The SMILES string of the molecule is CC(=O)NC1C(NC(=O)NCCCCl)OC(CO)C(OC2OC(CO)C(O)C(OC3OC(CO)C(O)C(O)C3O)C2O)C1O. The van der Waals surface area contributed by atoms with E-state index in [0.29, 0.717) is 6.42 Å². The largest absolute Gasteiger partial charge is 0.394 e. The van der Waals surface area contributed by atoms with Crippen LogP contribution < -0.4 is 16.0 Å². The Morgan fingerprint density at radius 1 is 0.705 bits per heavy atom. The van der Waals surface area contributed by atoms with E-state index in [0.717, 1.165) is 6.92 Å². The van der Waals surface area contributed by atoms with Gasteiger partial charge < -0.3 is 85.6 Å². The number of halogens is 1. The zero-order chi connectivity index (χ0) is 32.7. The molecule has 15 atom stereocenters. The van der Waals surface area contributed by atoms with Crippen LogP contribution in [0.15, 0.2) is 0 Å². The molecule has 0 aliphatic carbocycles. The van der Waals surface area contributed by atoms with Crippen molar-refractivity contribution < 1.29 is 79.2 Å². The summed E-state index contributed by atoms with van der Waals surface area (Å²) in [4.78, 5) is 24.3.